The molecule has 0 radical (unpaired) electrons. The molecule has 1 saturated carbocycles. The van der Waals surface area contributed by atoms with Crippen molar-refractivity contribution >= 4 is 17.5 Å². The molecule has 1 aliphatic carbocycles. The van der Waals surface area contributed by atoms with Crippen LogP contribution in [-0.2, 0) is 0 Å². The Morgan fingerprint density at radius 2 is 1.69 bits per heavy atom. The van der Waals surface area contributed by atoms with Gasteiger partial charge < -0.3 is 15.4 Å². The molecule has 1 fully saturated rings. The van der Waals surface area contributed by atoms with Crippen LogP contribution in [-0.4, -0.2) is 24.5 Å². The predicted octanol–water partition coefficient (Wildman–Crippen LogP) is 5.18. The lowest BCUT2D eigenvalue weighted by atomic mass is 9.95. The van der Waals surface area contributed by atoms with Gasteiger partial charge >= 0.3 is 0 Å². The number of ether oxygens (including phenoxy) is 1. The van der Waals surface area contributed by atoms with Crippen LogP contribution < -0.4 is 15.4 Å². The van der Waals surface area contributed by atoms with Crippen LogP contribution in [0, 0.1) is 0 Å². The third-order valence-electron chi connectivity index (χ3n) is 5.23. The molecule has 154 valence electrons. The van der Waals surface area contributed by atoms with Crippen molar-refractivity contribution in [3.05, 3.63) is 59.7 Å². The topological polar surface area (TPSA) is 67.4 Å². The number of para-hydroxylation sites is 1. The van der Waals surface area contributed by atoms with E-state index in [1.54, 1.807) is 30.3 Å². The van der Waals surface area contributed by atoms with Gasteiger partial charge in [-0.1, -0.05) is 44.7 Å². The second-order valence-corrected chi connectivity index (χ2v) is 7.54. The van der Waals surface area contributed by atoms with Crippen molar-refractivity contribution in [2.24, 2.45) is 0 Å². The van der Waals surface area contributed by atoms with E-state index in [1.165, 1.54) is 19.3 Å². The Kier molecular flexibility index (Phi) is 7.68. The maximum atomic E-state index is 12.7. The Morgan fingerprint density at radius 3 is 2.41 bits per heavy atom. The largest absolute Gasteiger partial charge is 0.493 e. The van der Waals surface area contributed by atoms with E-state index in [4.69, 9.17) is 4.74 Å². The summed E-state index contributed by atoms with van der Waals surface area (Å²) in [5.74, 6) is 0.308. The van der Waals surface area contributed by atoms with Crippen molar-refractivity contribution in [3.8, 4) is 5.75 Å². The van der Waals surface area contributed by atoms with Crippen LogP contribution in [0.2, 0.25) is 0 Å². The maximum Gasteiger partial charge on any atom is 0.259 e. The van der Waals surface area contributed by atoms with Gasteiger partial charge in [0.25, 0.3) is 11.8 Å². The lowest BCUT2D eigenvalue weighted by molar-refractivity contribution is 0.0927. The van der Waals surface area contributed by atoms with Gasteiger partial charge in [0.2, 0.25) is 0 Å². The zero-order chi connectivity index (χ0) is 20.5. The molecule has 0 heterocycles. The first kappa shape index (κ1) is 20.9. The molecule has 0 aromatic heterocycles. The van der Waals surface area contributed by atoms with Gasteiger partial charge in [-0.25, -0.2) is 0 Å². The number of amides is 2. The zero-order valence-corrected chi connectivity index (χ0v) is 17.1. The highest BCUT2D eigenvalue weighted by Crippen LogP contribution is 2.21. The van der Waals surface area contributed by atoms with E-state index in [1.807, 2.05) is 18.2 Å². The van der Waals surface area contributed by atoms with E-state index in [2.05, 4.69) is 17.6 Å². The van der Waals surface area contributed by atoms with Gasteiger partial charge in [0.05, 0.1) is 12.2 Å². The van der Waals surface area contributed by atoms with E-state index in [9.17, 15) is 9.59 Å². The first-order chi connectivity index (χ1) is 14.2. The molecular formula is C24H30N2O3. The minimum absolute atomic E-state index is 0.0514. The Morgan fingerprint density at radius 1 is 0.966 bits per heavy atom. The summed E-state index contributed by atoms with van der Waals surface area (Å²) in [5.41, 5.74) is 1.76. The number of nitrogens with one attached hydrogen (secondary N) is 2. The molecule has 5 heteroatoms. The highest BCUT2D eigenvalue weighted by molar-refractivity contribution is 6.06. The van der Waals surface area contributed by atoms with Crippen molar-refractivity contribution in [3.63, 3.8) is 0 Å². The molecule has 0 spiro atoms. The molecule has 0 unspecified atom stereocenters. The second kappa shape index (κ2) is 10.6. The fraction of sp³-hybridized carbons (Fsp3) is 0.417. The minimum atomic E-state index is -0.225. The normalized spacial score (nSPS) is 14.2. The van der Waals surface area contributed by atoms with E-state index in [0.717, 1.165) is 25.7 Å². The minimum Gasteiger partial charge on any atom is -0.493 e. The van der Waals surface area contributed by atoms with Crippen LogP contribution in [0.25, 0.3) is 0 Å². The molecule has 5 nitrogen and oxygen atoms in total. The third kappa shape index (κ3) is 6.08. The average molecular weight is 395 g/mol. The van der Waals surface area contributed by atoms with Gasteiger partial charge in [0, 0.05) is 17.3 Å². The fourth-order valence-corrected chi connectivity index (χ4v) is 3.53. The van der Waals surface area contributed by atoms with Crippen LogP contribution in [0.1, 0.15) is 72.6 Å². The Bertz CT molecular complexity index is 811. The number of hydrogen-bond donors (Lipinski definition) is 2. The lowest BCUT2D eigenvalue weighted by Crippen LogP contribution is -2.36. The first-order valence-electron chi connectivity index (χ1n) is 10.6. The molecule has 29 heavy (non-hydrogen) atoms. The SMILES string of the molecule is CCCCOc1ccccc1C(=O)Nc1ccc(C(=O)NC2CCCCC2)cc1. The van der Waals surface area contributed by atoms with Crippen LogP contribution >= 0.6 is 0 Å². The summed E-state index contributed by atoms with van der Waals surface area (Å²) < 4.78 is 5.75. The number of benzene rings is 2. The number of carbonyl (C=O) groups is 2. The summed E-state index contributed by atoms with van der Waals surface area (Å²) in [4.78, 5) is 25.1. The van der Waals surface area contributed by atoms with Gasteiger partial charge in [0.15, 0.2) is 0 Å². The summed E-state index contributed by atoms with van der Waals surface area (Å²) in [7, 11) is 0. The van der Waals surface area contributed by atoms with Gasteiger partial charge in [-0.05, 0) is 55.7 Å². The zero-order valence-electron chi connectivity index (χ0n) is 17.1. The van der Waals surface area contributed by atoms with Crippen molar-refractivity contribution < 1.29 is 14.3 Å². The number of hydrogen-bond acceptors (Lipinski definition) is 3. The van der Waals surface area contributed by atoms with E-state index >= 15 is 0 Å². The third-order valence-corrected chi connectivity index (χ3v) is 5.23. The van der Waals surface area contributed by atoms with Gasteiger partial charge in [0.1, 0.15) is 5.75 Å². The summed E-state index contributed by atoms with van der Waals surface area (Å²) in [6.07, 6.45) is 7.71. The smallest absolute Gasteiger partial charge is 0.259 e. The molecule has 2 amide bonds. The molecule has 1 aliphatic rings. The predicted molar refractivity (Wildman–Crippen MR) is 116 cm³/mol. The van der Waals surface area contributed by atoms with Gasteiger partial charge in [-0.3, -0.25) is 9.59 Å². The van der Waals surface area contributed by atoms with Crippen LogP contribution in [0.3, 0.4) is 0 Å². The van der Waals surface area contributed by atoms with Crippen molar-refractivity contribution in [2.75, 3.05) is 11.9 Å². The highest BCUT2D eigenvalue weighted by atomic mass is 16.5. The monoisotopic (exact) mass is 394 g/mol. The molecule has 0 aliphatic heterocycles. The van der Waals surface area contributed by atoms with Crippen LogP contribution in [0.5, 0.6) is 5.75 Å². The van der Waals surface area contributed by atoms with Crippen molar-refractivity contribution in [1.29, 1.82) is 0 Å². The highest BCUT2D eigenvalue weighted by Gasteiger charge is 2.17. The number of unbranched alkanes of at least 4 members (excludes halogenated alkanes) is 1. The summed E-state index contributed by atoms with van der Waals surface area (Å²) in [5, 5.41) is 6.00. The Hall–Kier alpha value is -2.82. The summed E-state index contributed by atoms with van der Waals surface area (Å²) in [6, 6.07) is 14.5. The van der Waals surface area contributed by atoms with Gasteiger partial charge in [-0.15, -0.1) is 0 Å². The number of carbonyl (C=O) groups excluding carboxylic acids is 2. The molecule has 2 N–H and O–H groups in total. The number of rotatable bonds is 8. The average Bonchev–Trinajstić information content (AvgIpc) is 2.75. The Balaban J connectivity index is 1.59. The van der Waals surface area contributed by atoms with E-state index in [0.29, 0.717) is 29.2 Å². The molecule has 3 rings (SSSR count). The first-order valence-corrected chi connectivity index (χ1v) is 10.6. The standard InChI is InChI=1S/C24H30N2O3/c1-2-3-17-29-22-12-8-7-11-21(22)24(28)26-20-15-13-18(14-16-20)23(27)25-19-9-5-4-6-10-19/h7-8,11-16,19H,2-6,9-10,17H2,1H3,(H,25,27)(H,26,28). The fourth-order valence-electron chi connectivity index (χ4n) is 3.53. The molecule has 0 saturated heterocycles. The van der Waals surface area contributed by atoms with E-state index < -0.39 is 0 Å². The van der Waals surface area contributed by atoms with Crippen molar-refractivity contribution in [2.45, 2.75) is 57.9 Å². The lowest BCUT2D eigenvalue weighted by Gasteiger charge is -2.22. The van der Waals surface area contributed by atoms with E-state index in [-0.39, 0.29) is 17.9 Å². The summed E-state index contributed by atoms with van der Waals surface area (Å²) in [6.45, 7) is 2.69. The summed E-state index contributed by atoms with van der Waals surface area (Å²) >= 11 is 0. The molecular weight excluding hydrogens is 364 g/mol. The van der Waals surface area contributed by atoms with Crippen molar-refractivity contribution in [1.82, 2.24) is 5.32 Å². The van der Waals surface area contributed by atoms with Crippen LogP contribution in [0.4, 0.5) is 5.69 Å². The quantitative estimate of drug-likeness (QED) is 0.606. The molecule has 0 atom stereocenters. The Labute approximate surface area is 172 Å². The molecule has 0 bridgehead atoms. The van der Waals surface area contributed by atoms with Crippen LogP contribution in [0.15, 0.2) is 48.5 Å². The van der Waals surface area contributed by atoms with Gasteiger partial charge in [-0.2, -0.15) is 0 Å². The second-order valence-electron chi connectivity index (χ2n) is 7.54. The number of anilines is 1. The molecule has 2 aromatic rings. The molecule has 2 aromatic carbocycles. The maximum absolute atomic E-state index is 12.7.